The number of fused-ring (bicyclic) bond motifs is 2. The van der Waals surface area contributed by atoms with E-state index in [0.29, 0.717) is 19.1 Å². The van der Waals surface area contributed by atoms with Gasteiger partial charge in [0.05, 0.1) is 0 Å². The molecule has 2 atom stereocenters. The summed E-state index contributed by atoms with van der Waals surface area (Å²) in [7, 11) is 0. The molecule has 6 aromatic rings. The Bertz CT molecular complexity index is 2090. The summed E-state index contributed by atoms with van der Waals surface area (Å²) >= 11 is -1.32. The third kappa shape index (κ3) is 6.33. The summed E-state index contributed by atoms with van der Waals surface area (Å²) in [6.07, 6.45) is 6.69. The van der Waals surface area contributed by atoms with Gasteiger partial charge in [0.2, 0.25) is 0 Å². The van der Waals surface area contributed by atoms with Crippen molar-refractivity contribution >= 4 is 23.3 Å². The van der Waals surface area contributed by atoms with E-state index in [1.807, 2.05) is 0 Å². The van der Waals surface area contributed by atoms with E-state index < -0.39 is 23.2 Å². The zero-order chi connectivity index (χ0) is 35.2. The van der Waals surface area contributed by atoms with Crippen LogP contribution in [0.5, 0.6) is 0 Å². The first kappa shape index (κ1) is 33.9. The third-order valence-corrected chi connectivity index (χ3v) is 15.5. The normalized spacial score (nSPS) is 16.4. The van der Waals surface area contributed by atoms with Crippen molar-refractivity contribution in [2.45, 2.75) is 73.5 Å². The van der Waals surface area contributed by atoms with Gasteiger partial charge in [0, 0.05) is 0 Å². The van der Waals surface area contributed by atoms with Gasteiger partial charge >= 0.3 is 317 Å². The van der Waals surface area contributed by atoms with Crippen LogP contribution in [0, 0.1) is 0 Å². The monoisotopic (exact) mass is 744 g/mol. The first-order valence-electron chi connectivity index (χ1n) is 18.7. The van der Waals surface area contributed by atoms with Crippen LogP contribution in [0.15, 0.2) is 118 Å². The van der Waals surface area contributed by atoms with E-state index in [-0.39, 0.29) is 0 Å². The Hall–Kier alpha value is -4.20. The van der Waals surface area contributed by atoms with Gasteiger partial charge < -0.3 is 0 Å². The summed E-state index contributed by atoms with van der Waals surface area (Å²) < 4.78 is 13.8. The molecule has 0 saturated carbocycles. The fourth-order valence-electron chi connectivity index (χ4n) is 7.80. The van der Waals surface area contributed by atoms with Crippen LogP contribution < -0.4 is 0 Å². The van der Waals surface area contributed by atoms with E-state index in [1.54, 1.807) is 0 Å². The van der Waals surface area contributed by atoms with Crippen molar-refractivity contribution in [1.82, 2.24) is 0 Å². The van der Waals surface area contributed by atoms with Crippen LogP contribution in [-0.4, -0.2) is 0 Å². The second-order valence-corrected chi connectivity index (χ2v) is 18.3. The molecule has 0 radical (unpaired) electrons. The van der Waals surface area contributed by atoms with Gasteiger partial charge in [-0.1, -0.05) is 0 Å². The van der Waals surface area contributed by atoms with Crippen LogP contribution in [0.4, 0.5) is 0 Å². The number of furan rings is 2. The maximum atomic E-state index is 6.56. The van der Waals surface area contributed by atoms with Crippen LogP contribution in [0.3, 0.4) is 0 Å². The van der Waals surface area contributed by atoms with E-state index in [9.17, 15) is 0 Å². The van der Waals surface area contributed by atoms with Crippen LogP contribution in [-0.2, 0) is 36.1 Å². The van der Waals surface area contributed by atoms with Crippen LogP contribution in [0.2, 0.25) is 0 Å². The molecule has 0 saturated heterocycles. The van der Waals surface area contributed by atoms with Crippen molar-refractivity contribution in [3.05, 3.63) is 166 Å². The number of benzene rings is 4. The Kier molecular flexibility index (Phi) is 9.37. The van der Waals surface area contributed by atoms with E-state index in [4.69, 9.17) is 8.83 Å². The Balaban J connectivity index is 1.25. The fraction of sp³-hybridized carbons (Fsp3) is 0.250. The molecule has 2 unspecified atom stereocenters. The Morgan fingerprint density at radius 3 is 1.27 bits per heavy atom. The molecule has 8 rings (SSSR count). The minimum absolute atomic E-state index is 0.322. The van der Waals surface area contributed by atoms with Gasteiger partial charge in [0.1, 0.15) is 0 Å². The van der Waals surface area contributed by atoms with Gasteiger partial charge in [0.15, 0.2) is 0 Å². The van der Waals surface area contributed by atoms with Gasteiger partial charge in [-0.2, -0.15) is 0 Å². The predicted molar refractivity (Wildman–Crippen MR) is 209 cm³/mol. The topological polar surface area (TPSA) is 26.3 Å². The van der Waals surface area contributed by atoms with Gasteiger partial charge in [-0.25, -0.2) is 0 Å². The van der Waals surface area contributed by atoms with E-state index >= 15 is 0 Å². The SMILES string of the molecule is CCc1ccc(C2=Cc3c(-c4ccc(C(C)C)cc4)cccc3[CH]2[Zr][CH]2C(c3ccc(CC)o3)=Cc3c(-c4ccc(C(C)C)cc4)cccc32)o1. The summed E-state index contributed by atoms with van der Waals surface area (Å²) in [5, 5.41) is 0. The van der Waals surface area contributed by atoms with Crippen molar-refractivity contribution in [3.63, 3.8) is 0 Å². The second kappa shape index (κ2) is 14.1. The molecule has 2 heterocycles. The first-order chi connectivity index (χ1) is 24.8. The van der Waals surface area contributed by atoms with E-state index in [0.717, 1.165) is 35.9 Å². The molecule has 2 aromatic heterocycles. The van der Waals surface area contributed by atoms with Crippen molar-refractivity contribution < 1.29 is 32.1 Å². The molecule has 0 fully saturated rings. The molecule has 0 N–H and O–H groups in total. The molecule has 0 bridgehead atoms. The summed E-state index contributed by atoms with van der Waals surface area (Å²) in [6, 6.07) is 41.0. The molecule has 2 aliphatic carbocycles. The molecule has 2 aliphatic rings. The van der Waals surface area contributed by atoms with E-state index in [1.165, 1.54) is 66.8 Å². The zero-order valence-corrected chi connectivity index (χ0v) is 33.0. The second-order valence-electron chi connectivity index (χ2n) is 14.6. The number of rotatable bonds is 10. The standard InChI is InChI=1S/2C24H23O.Zr/c2*1-4-21-12-13-24(25-21)20-14-19-6-5-7-22(23(19)15-20)18-10-8-17(9-11-18)16(2)3;/h2*5-16H,4H2,1-3H3;. The predicted octanol–water partition coefficient (Wildman–Crippen LogP) is 13.6. The molecule has 0 aliphatic heterocycles. The summed E-state index contributed by atoms with van der Waals surface area (Å²) in [4.78, 5) is 0. The average molecular weight is 746 g/mol. The number of aryl methyl sites for hydroxylation is 2. The first-order valence-corrected chi connectivity index (χ1v) is 21.5. The molecule has 4 aromatic carbocycles. The molecule has 3 heteroatoms. The molecule has 254 valence electrons. The molecule has 2 nitrogen and oxygen atoms in total. The fourth-order valence-corrected chi connectivity index (χ4v) is 12.7. The van der Waals surface area contributed by atoms with E-state index in [2.05, 4.69) is 163 Å². The van der Waals surface area contributed by atoms with Crippen LogP contribution >= 0.6 is 0 Å². The molecular formula is C48H46O2Zr. The van der Waals surface area contributed by atoms with Crippen molar-refractivity contribution in [3.8, 4) is 22.3 Å². The van der Waals surface area contributed by atoms with Gasteiger partial charge in [0.25, 0.3) is 0 Å². The quantitative estimate of drug-likeness (QED) is 0.140. The minimum atomic E-state index is -1.32. The Morgan fingerprint density at radius 2 is 0.922 bits per heavy atom. The van der Waals surface area contributed by atoms with Crippen LogP contribution in [0.1, 0.15) is 117 Å². The third-order valence-electron chi connectivity index (χ3n) is 10.8. The average Bonchev–Trinajstić information content (AvgIpc) is 3.97. The molecule has 0 amide bonds. The summed E-state index contributed by atoms with van der Waals surface area (Å²) in [5.74, 6) is 5.13. The van der Waals surface area contributed by atoms with Crippen molar-refractivity contribution in [1.29, 1.82) is 0 Å². The Morgan fingerprint density at radius 1 is 0.510 bits per heavy atom. The van der Waals surface area contributed by atoms with Crippen LogP contribution in [0.25, 0.3) is 45.6 Å². The Labute approximate surface area is 314 Å². The number of allylic oxidation sites excluding steroid dienone is 2. The summed E-state index contributed by atoms with van der Waals surface area (Å²) in [5.41, 5.74) is 16.1. The van der Waals surface area contributed by atoms with Gasteiger partial charge in [-0.05, 0) is 0 Å². The molecule has 51 heavy (non-hydrogen) atoms. The van der Waals surface area contributed by atoms with Gasteiger partial charge in [-0.15, -0.1) is 0 Å². The van der Waals surface area contributed by atoms with Gasteiger partial charge in [-0.3, -0.25) is 0 Å². The summed E-state index contributed by atoms with van der Waals surface area (Å²) in [6.45, 7) is 13.4. The maximum absolute atomic E-state index is 6.56. The molecule has 0 spiro atoms. The number of hydrogen-bond acceptors (Lipinski definition) is 2. The van der Waals surface area contributed by atoms with Crippen molar-refractivity contribution in [2.24, 2.45) is 0 Å². The zero-order valence-electron chi connectivity index (χ0n) is 30.6. The number of hydrogen-bond donors (Lipinski definition) is 0. The molecular weight excluding hydrogens is 700 g/mol. The van der Waals surface area contributed by atoms with Crippen molar-refractivity contribution in [2.75, 3.05) is 0 Å².